The van der Waals surface area contributed by atoms with Crippen LogP contribution in [0.1, 0.15) is 20.3 Å². The Morgan fingerprint density at radius 3 is 2.88 bits per heavy atom. The highest BCUT2D eigenvalue weighted by atomic mass is 16.5. The molecule has 1 heterocycles. The molecule has 0 radical (unpaired) electrons. The summed E-state index contributed by atoms with van der Waals surface area (Å²) in [5, 5.41) is 6.00. The van der Waals surface area contributed by atoms with E-state index in [1.807, 2.05) is 0 Å². The fourth-order valence-corrected chi connectivity index (χ4v) is 1.77. The van der Waals surface area contributed by atoms with Gasteiger partial charge in [-0.25, -0.2) is 0 Å². The molecule has 0 spiro atoms. The predicted octanol–water partition coefficient (Wildman–Crippen LogP) is 0.152. The van der Waals surface area contributed by atoms with Crippen LogP contribution < -0.4 is 10.6 Å². The Balaban J connectivity index is 2.05. The second-order valence-electron chi connectivity index (χ2n) is 4.81. The summed E-state index contributed by atoms with van der Waals surface area (Å²) in [6.45, 7) is 6.84. The van der Waals surface area contributed by atoms with Crippen LogP contribution in [-0.2, 0) is 14.3 Å². The molecule has 0 aromatic heterocycles. The number of methoxy groups -OCH3 is 1. The Bertz CT molecular complexity index is 234. The van der Waals surface area contributed by atoms with Gasteiger partial charge in [-0.3, -0.25) is 4.79 Å². The van der Waals surface area contributed by atoms with Gasteiger partial charge in [-0.05, 0) is 12.3 Å². The summed E-state index contributed by atoms with van der Waals surface area (Å²) in [4.78, 5) is 11.7. The largest absolute Gasteiger partial charge is 0.380 e. The molecule has 17 heavy (non-hydrogen) atoms. The van der Waals surface area contributed by atoms with Gasteiger partial charge in [0.25, 0.3) is 0 Å². The van der Waals surface area contributed by atoms with Gasteiger partial charge in [-0.1, -0.05) is 13.8 Å². The van der Waals surface area contributed by atoms with Crippen molar-refractivity contribution in [1.29, 1.82) is 0 Å². The third-order valence-corrected chi connectivity index (χ3v) is 2.74. The maximum atomic E-state index is 11.7. The van der Waals surface area contributed by atoms with Crippen LogP contribution in [0.5, 0.6) is 0 Å². The van der Waals surface area contributed by atoms with Gasteiger partial charge < -0.3 is 20.1 Å². The number of hydrogen-bond donors (Lipinski definition) is 2. The minimum atomic E-state index is -0.120. The molecule has 1 rings (SSSR count). The summed E-state index contributed by atoms with van der Waals surface area (Å²) in [5.41, 5.74) is 0. The molecule has 2 atom stereocenters. The standard InChI is InChI=1S/C12H24N2O3/c1-9(2)8-17-5-4-13-12(15)11-6-10(16-3)7-14-11/h9-11,14H,4-8H2,1-3H3,(H,13,15). The number of rotatable bonds is 7. The van der Waals surface area contributed by atoms with Crippen molar-refractivity contribution in [3.05, 3.63) is 0 Å². The zero-order valence-corrected chi connectivity index (χ0v) is 11.0. The molecular formula is C12H24N2O3. The molecule has 5 heteroatoms. The first-order valence-corrected chi connectivity index (χ1v) is 6.25. The third kappa shape index (κ3) is 5.48. The van der Waals surface area contributed by atoms with E-state index in [1.54, 1.807) is 7.11 Å². The van der Waals surface area contributed by atoms with Crippen LogP contribution in [0.25, 0.3) is 0 Å². The van der Waals surface area contributed by atoms with Crippen molar-refractivity contribution in [1.82, 2.24) is 10.6 Å². The molecule has 1 aliphatic rings. The van der Waals surface area contributed by atoms with Gasteiger partial charge >= 0.3 is 0 Å². The quantitative estimate of drug-likeness (QED) is 0.626. The number of amides is 1. The molecule has 2 N–H and O–H groups in total. The lowest BCUT2D eigenvalue weighted by Gasteiger charge is -2.12. The molecule has 0 aliphatic carbocycles. The van der Waals surface area contributed by atoms with Crippen molar-refractivity contribution in [3.8, 4) is 0 Å². The van der Waals surface area contributed by atoms with Crippen LogP contribution in [0.3, 0.4) is 0 Å². The molecule has 0 aromatic carbocycles. The molecule has 1 aliphatic heterocycles. The predicted molar refractivity (Wildman–Crippen MR) is 65.9 cm³/mol. The summed E-state index contributed by atoms with van der Waals surface area (Å²) in [5.74, 6) is 0.572. The first-order valence-electron chi connectivity index (χ1n) is 6.25. The van der Waals surface area contributed by atoms with Crippen molar-refractivity contribution < 1.29 is 14.3 Å². The summed E-state index contributed by atoms with van der Waals surface area (Å²) in [7, 11) is 1.67. The molecule has 0 saturated carbocycles. The number of nitrogens with one attached hydrogen (secondary N) is 2. The van der Waals surface area contributed by atoms with E-state index in [-0.39, 0.29) is 18.1 Å². The van der Waals surface area contributed by atoms with Gasteiger partial charge in [0.15, 0.2) is 0 Å². The van der Waals surface area contributed by atoms with Crippen LogP contribution in [0, 0.1) is 5.92 Å². The first-order chi connectivity index (χ1) is 8.13. The maximum Gasteiger partial charge on any atom is 0.237 e. The van der Waals surface area contributed by atoms with Crippen LogP contribution in [-0.4, -0.2) is 51.5 Å². The average Bonchev–Trinajstić information content (AvgIpc) is 2.76. The average molecular weight is 244 g/mol. The van der Waals surface area contributed by atoms with Crippen molar-refractivity contribution >= 4 is 5.91 Å². The fraction of sp³-hybridized carbons (Fsp3) is 0.917. The molecule has 1 amide bonds. The van der Waals surface area contributed by atoms with Gasteiger partial charge in [0.2, 0.25) is 5.91 Å². The first kappa shape index (κ1) is 14.4. The van der Waals surface area contributed by atoms with Crippen molar-refractivity contribution in [2.75, 3.05) is 33.4 Å². The van der Waals surface area contributed by atoms with Gasteiger partial charge in [0.1, 0.15) is 0 Å². The van der Waals surface area contributed by atoms with Crippen LogP contribution in [0.2, 0.25) is 0 Å². The van der Waals surface area contributed by atoms with E-state index in [0.29, 0.717) is 19.1 Å². The summed E-state index contributed by atoms with van der Waals surface area (Å²) < 4.78 is 10.6. The van der Waals surface area contributed by atoms with Gasteiger partial charge in [-0.15, -0.1) is 0 Å². The Morgan fingerprint density at radius 2 is 2.29 bits per heavy atom. The molecule has 100 valence electrons. The topological polar surface area (TPSA) is 59.6 Å². The molecule has 0 bridgehead atoms. The Hall–Kier alpha value is -0.650. The third-order valence-electron chi connectivity index (χ3n) is 2.74. The lowest BCUT2D eigenvalue weighted by atomic mass is 10.2. The molecule has 1 fully saturated rings. The van der Waals surface area contributed by atoms with E-state index < -0.39 is 0 Å². The van der Waals surface area contributed by atoms with E-state index in [4.69, 9.17) is 9.47 Å². The zero-order chi connectivity index (χ0) is 12.7. The molecule has 1 saturated heterocycles. The van der Waals surface area contributed by atoms with E-state index in [1.165, 1.54) is 0 Å². The van der Waals surface area contributed by atoms with Crippen molar-refractivity contribution in [2.24, 2.45) is 5.92 Å². The van der Waals surface area contributed by atoms with Crippen LogP contribution in [0.15, 0.2) is 0 Å². The van der Waals surface area contributed by atoms with E-state index >= 15 is 0 Å². The zero-order valence-electron chi connectivity index (χ0n) is 11.0. The van der Waals surface area contributed by atoms with Crippen LogP contribution >= 0.6 is 0 Å². The Kier molecular flexibility index (Phi) is 6.47. The lowest BCUT2D eigenvalue weighted by molar-refractivity contribution is -0.123. The highest BCUT2D eigenvalue weighted by molar-refractivity contribution is 5.82. The van der Waals surface area contributed by atoms with Gasteiger partial charge in [-0.2, -0.15) is 0 Å². The van der Waals surface area contributed by atoms with Crippen LogP contribution in [0.4, 0.5) is 0 Å². The molecule has 5 nitrogen and oxygen atoms in total. The van der Waals surface area contributed by atoms with Crippen molar-refractivity contribution in [3.63, 3.8) is 0 Å². The second-order valence-corrected chi connectivity index (χ2v) is 4.81. The summed E-state index contributed by atoms with van der Waals surface area (Å²) in [6, 6.07) is -0.120. The van der Waals surface area contributed by atoms with Gasteiger partial charge in [0, 0.05) is 26.8 Å². The van der Waals surface area contributed by atoms with E-state index in [0.717, 1.165) is 19.6 Å². The fourth-order valence-electron chi connectivity index (χ4n) is 1.77. The number of carbonyl (C=O) groups excluding carboxylic acids is 1. The SMILES string of the molecule is COC1CNC(C(=O)NCCOCC(C)C)C1. The van der Waals surface area contributed by atoms with E-state index in [9.17, 15) is 4.79 Å². The highest BCUT2D eigenvalue weighted by Crippen LogP contribution is 2.09. The molecular weight excluding hydrogens is 220 g/mol. The smallest absolute Gasteiger partial charge is 0.237 e. The lowest BCUT2D eigenvalue weighted by Crippen LogP contribution is -2.41. The highest BCUT2D eigenvalue weighted by Gasteiger charge is 2.28. The Labute approximate surface area is 103 Å². The minimum absolute atomic E-state index is 0.0395. The minimum Gasteiger partial charge on any atom is -0.380 e. The van der Waals surface area contributed by atoms with Gasteiger partial charge in [0.05, 0.1) is 18.8 Å². The van der Waals surface area contributed by atoms with Crippen molar-refractivity contribution in [2.45, 2.75) is 32.4 Å². The maximum absolute atomic E-state index is 11.7. The number of hydrogen-bond acceptors (Lipinski definition) is 4. The van der Waals surface area contributed by atoms with E-state index in [2.05, 4.69) is 24.5 Å². The Morgan fingerprint density at radius 1 is 1.53 bits per heavy atom. The second kappa shape index (κ2) is 7.63. The number of carbonyl (C=O) groups is 1. The molecule has 0 aromatic rings. The number of ether oxygens (including phenoxy) is 2. The normalized spacial score (nSPS) is 24.2. The molecule has 2 unspecified atom stereocenters. The monoisotopic (exact) mass is 244 g/mol. The summed E-state index contributed by atoms with van der Waals surface area (Å²) in [6.07, 6.45) is 0.901. The summed E-state index contributed by atoms with van der Waals surface area (Å²) >= 11 is 0.